The van der Waals surface area contributed by atoms with Gasteiger partial charge in [-0.3, -0.25) is 9.80 Å². The smallest absolute Gasteiger partial charge is 0.152 e. The summed E-state index contributed by atoms with van der Waals surface area (Å²) >= 11 is 0. The van der Waals surface area contributed by atoms with Crippen molar-refractivity contribution in [2.75, 3.05) is 120 Å². The fourth-order valence-electron chi connectivity index (χ4n) is 4.90. The van der Waals surface area contributed by atoms with Gasteiger partial charge in [0.2, 0.25) is 0 Å². The predicted octanol–water partition coefficient (Wildman–Crippen LogP) is 0.715. The number of ether oxygens (including phenoxy) is 2. The summed E-state index contributed by atoms with van der Waals surface area (Å²) in [7, 11) is 0. The number of hydrogen-bond acceptors (Lipinski definition) is 9. The summed E-state index contributed by atoms with van der Waals surface area (Å²) in [5.74, 6) is 1.08. The van der Waals surface area contributed by atoms with Crippen LogP contribution in [0.4, 0.5) is 17.2 Å². The van der Waals surface area contributed by atoms with E-state index in [1.807, 2.05) is 0 Å². The van der Waals surface area contributed by atoms with Gasteiger partial charge in [0.1, 0.15) is 0 Å². The third-order valence-electron chi connectivity index (χ3n) is 6.92. The van der Waals surface area contributed by atoms with E-state index in [1.165, 1.54) is 31.5 Å². The number of nitrogen functional groups attached to an aromatic ring is 1. The van der Waals surface area contributed by atoms with E-state index in [2.05, 4.69) is 31.0 Å². The van der Waals surface area contributed by atoms with Crippen LogP contribution in [0, 0.1) is 0 Å². The maximum absolute atomic E-state index is 6.11. The van der Waals surface area contributed by atoms with Crippen molar-refractivity contribution in [3.8, 4) is 0 Å². The molecule has 0 unspecified atom stereocenters. The van der Waals surface area contributed by atoms with Gasteiger partial charge >= 0.3 is 0 Å². The Bertz CT molecular complexity index is 695. The van der Waals surface area contributed by atoms with Crippen molar-refractivity contribution >= 4 is 17.2 Å². The van der Waals surface area contributed by atoms with Crippen LogP contribution in [0.5, 0.6) is 0 Å². The van der Waals surface area contributed by atoms with Crippen molar-refractivity contribution in [2.45, 2.75) is 19.3 Å². The monoisotopic (exact) mass is 461 g/mol. The van der Waals surface area contributed by atoms with Gasteiger partial charge < -0.3 is 30.3 Å². The highest BCUT2D eigenvalue weighted by atomic mass is 16.5. The number of morpholine rings is 2. The molecule has 0 aliphatic carbocycles. The lowest BCUT2D eigenvalue weighted by Gasteiger charge is -2.38. The van der Waals surface area contributed by atoms with Crippen LogP contribution in [-0.2, 0) is 9.47 Å². The normalized spacial score (nSPS) is 20.2. The predicted molar refractivity (Wildman–Crippen MR) is 134 cm³/mol. The first-order valence-corrected chi connectivity index (χ1v) is 12.9. The molecule has 186 valence electrons. The highest BCUT2D eigenvalue weighted by Gasteiger charge is 2.23. The number of nitrogens with one attached hydrogen (secondary N) is 1. The van der Waals surface area contributed by atoms with Crippen LogP contribution >= 0.6 is 0 Å². The van der Waals surface area contributed by atoms with Gasteiger partial charge in [-0.05, 0) is 25.5 Å². The second kappa shape index (κ2) is 13.3. The van der Waals surface area contributed by atoms with Gasteiger partial charge in [0.15, 0.2) is 5.82 Å². The molecular formula is C24H43N7O2. The molecule has 0 amide bonds. The van der Waals surface area contributed by atoms with Crippen LogP contribution < -0.4 is 20.9 Å². The van der Waals surface area contributed by atoms with Gasteiger partial charge in [0, 0.05) is 72.0 Å². The first-order chi connectivity index (χ1) is 16.3. The van der Waals surface area contributed by atoms with Crippen molar-refractivity contribution in [1.29, 1.82) is 0 Å². The largest absolute Gasteiger partial charge is 0.397 e. The summed E-state index contributed by atoms with van der Waals surface area (Å²) < 4.78 is 10.9. The Labute approximate surface area is 199 Å². The zero-order valence-electron chi connectivity index (χ0n) is 20.2. The molecule has 0 atom stereocenters. The molecule has 0 bridgehead atoms. The summed E-state index contributed by atoms with van der Waals surface area (Å²) in [6, 6.07) is 2.11. The van der Waals surface area contributed by atoms with Gasteiger partial charge in [-0.1, -0.05) is 6.42 Å². The number of fused-ring (bicyclic) bond motifs is 1. The molecule has 4 heterocycles. The first kappa shape index (κ1) is 24.5. The number of anilines is 3. The van der Waals surface area contributed by atoms with Crippen molar-refractivity contribution in [3.63, 3.8) is 0 Å². The summed E-state index contributed by atoms with van der Waals surface area (Å²) in [6.07, 6.45) is 5.53. The van der Waals surface area contributed by atoms with Crippen molar-refractivity contribution in [3.05, 3.63) is 12.3 Å². The van der Waals surface area contributed by atoms with Crippen LogP contribution in [0.25, 0.3) is 0 Å². The van der Waals surface area contributed by atoms with Crippen LogP contribution in [0.3, 0.4) is 0 Å². The van der Waals surface area contributed by atoms with Gasteiger partial charge in [-0.25, -0.2) is 4.98 Å². The lowest BCUT2D eigenvalue weighted by molar-refractivity contribution is 0.0371. The Hall–Kier alpha value is -1.65. The first-order valence-electron chi connectivity index (χ1n) is 12.9. The third kappa shape index (κ3) is 7.68. The third-order valence-corrected chi connectivity index (χ3v) is 6.92. The fourth-order valence-corrected chi connectivity index (χ4v) is 4.90. The van der Waals surface area contributed by atoms with Crippen molar-refractivity contribution in [1.82, 2.24) is 20.1 Å². The molecule has 4 rings (SSSR count). The minimum absolute atomic E-state index is 0.747. The standard InChI is InChI=1S/C24H43N7O2/c25-22-20-23-24(27-21-22)31(9-5-26-4-8-29-14-18-33-19-15-29)11-10-30(23)7-3-1-2-6-28-12-16-32-17-13-28/h20-21,26H,1-19,25H2. The number of nitrogens with two attached hydrogens (primary N) is 1. The zero-order valence-corrected chi connectivity index (χ0v) is 20.2. The van der Waals surface area contributed by atoms with Gasteiger partial charge in [0.05, 0.1) is 44.0 Å². The van der Waals surface area contributed by atoms with Crippen LogP contribution in [0.2, 0.25) is 0 Å². The van der Waals surface area contributed by atoms with Crippen LogP contribution in [0.15, 0.2) is 12.3 Å². The number of nitrogens with zero attached hydrogens (tertiary/aromatic N) is 5. The van der Waals surface area contributed by atoms with E-state index < -0.39 is 0 Å². The van der Waals surface area contributed by atoms with E-state index in [-0.39, 0.29) is 0 Å². The summed E-state index contributed by atoms with van der Waals surface area (Å²) in [6.45, 7) is 16.2. The molecule has 0 saturated carbocycles. The molecule has 3 aliphatic heterocycles. The quantitative estimate of drug-likeness (QED) is 0.438. The van der Waals surface area contributed by atoms with E-state index in [9.17, 15) is 0 Å². The Morgan fingerprint density at radius 2 is 1.39 bits per heavy atom. The van der Waals surface area contributed by atoms with E-state index in [1.54, 1.807) is 6.20 Å². The molecule has 33 heavy (non-hydrogen) atoms. The van der Waals surface area contributed by atoms with Gasteiger partial charge in [-0.2, -0.15) is 0 Å². The summed E-state index contributed by atoms with van der Waals surface area (Å²) in [5.41, 5.74) is 8.05. The molecule has 9 nitrogen and oxygen atoms in total. The number of pyridine rings is 1. The van der Waals surface area contributed by atoms with Crippen LogP contribution in [0.1, 0.15) is 19.3 Å². The molecule has 2 saturated heterocycles. The molecule has 2 fully saturated rings. The molecule has 0 aromatic carbocycles. The Morgan fingerprint density at radius 1 is 0.758 bits per heavy atom. The molecule has 1 aromatic heterocycles. The lowest BCUT2D eigenvalue weighted by Crippen LogP contribution is -2.45. The lowest BCUT2D eigenvalue weighted by atomic mass is 10.1. The highest BCUT2D eigenvalue weighted by molar-refractivity contribution is 5.72. The van der Waals surface area contributed by atoms with Crippen molar-refractivity contribution in [2.24, 2.45) is 0 Å². The molecule has 0 radical (unpaired) electrons. The number of unbranched alkanes of at least 4 members (excludes halogenated alkanes) is 2. The second-order valence-electron chi connectivity index (χ2n) is 9.30. The number of hydrogen-bond donors (Lipinski definition) is 2. The molecule has 0 spiro atoms. The molecular weight excluding hydrogens is 418 g/mol. The molecule has 3 aliphatic rings. The molecule has 9 heteroatoms. The van der Waals surface area contributed by atoms with E-state index in [4.69, 9.17) is 20.2 Å². The maximum atomic E-state index is 6.11. The fraction of sp³-hybridized carbons (Fsp3) is 0.792. The minimum Gasteiger partial charge on any atom is -0.397 e. The average molecular weight is 462 g/mol. The number of aromatic nitrogens is 1. The minimum atomic E-state index is 0.747. The maximum Gasteiger partial charge on any atom is 0.152 e. The van der Waals surface area contributed by atoms with Crippen LogP contribution in [-0.4, -0.2) is 120 Å². The number of rotatable bonds is 12. The van der Waals surface area contributed by atoms with Gasteiger partial charge in [-0.15, -0.1) is 0 Å². The van der Waals surface area contributed by atoms with Crippen molar-refractivity contribution < 1.29 is 9.47 Å². The van der Waals surface area contributed by atoms with E-state index in [0.29, 0.717) is 0 Å². The molecule has 3 N–H and O–H groups in total. The Balaban J connectivity index is 1.18. The Kier molecular flexibility index (Phi) is 9.86. The topological polar surface area (TPSA) is 82.4 Å². The van der Waals surface area contributed by atoms with Gasteiger partial charge in [0.25, 0.3) is 0 Å². The average Bonchev–Trinajstić information content (AvgIpc) is 2.85. The summed E-state index contributed by atoms with van der Waals surface area (Å²) in [5, 5.41) is 3.61. The zero-order chi connectivity index (χ0) is 22.7. The second-order valence-corrected chi connectivity index (χ2v) is 9.30. The highest BCUT2D eigenvalue weighted by Crippen LogP contribution is 2.32. The Morgan fingerprint density at radius 3 is 2.15 bits per heavy atom. The summed E-state index contributed by atoms with van der Waals surface area (Å²) in [4.78, 5) is 14.6. The SMILES string of the molecule is Nc1cnc2c(c1)N(CCCCCN1CCOCC1)CCN2CCNCCN1CCOCC1. The van der Waals surface area contributed by atoms with E-state index >= 15 is 0 Å². The van der Waals surface area contributed by atoms with E-state index in [0.717, 1.165) is 110 Å². The molecule has 1 aromatic rings.